The van der Waals surface area contributed by atoms with E-state index < -0.39 is 6.04 Å². The molecule has 6 heteroatoms. The quantitative estimate of drug-likeness (QED) is 0.754. The maximum atomic E-state index is 12.0. The molecule has 0 radical (unpaired) electrons. The van der Waals surface area contributed by atoms with Gasteiger partial charge in [0.15, 0.2) is 17.3 Å². The molecule has 2 N–H and O–H groups in total. The van der Waals surface area contributed by atoms with Gasteiger partial charge in [-0.3, -0.25) is 4.79 Å². The normalized spacial score (nSPS) is 17.0. The molecule has 2 amide bonds. The molecule has 0 aliphatic carbocycles. The molecule has 1 aliphatic heterocycles. The minimum Gasteiger partial charge on any atom is -0.490 e. The van der Waals surface area contributed by atoms with Crippen LogP contribution in [-0.4, -0.2) is 25.0 Å². The van der Waals surface area contributed by atoms with E-state index in [1.165, 1.54) is 6.92 Å². The molecule has 1 aromatic carbocycles. The number of nitrogens with one attached hydrogen (secondary N) is 2. The third-order valence-electron chi connectivity index (χ3n) is 3.61. The summed E-state index contributed by atoms with van der Waals surface area (Å²) in [7, 11) is 0. The zero-order valence-electron chi connectivity index (χ0n) is 14.1. The number of ether oxygens (including phenoxy) is 2. The van der Waals surface area contributed by atoms with Gasteiger partial charge in [0.25, 0.3) is 0 Å². The van der Waals surface area contributed by atoms with Crippen molar-refractivity contribution in [1.82, 2.24) is 10.6 Å². The Balaban J connectivity index is 2.44. The van der Waals surface area contributed by atoms with Crippen molar-refractivity contribution in [3.05, 3.63) is 47.7 Å². The van der Waals surface area contributed by atoms with E-state index in [1.54, 1.807) is 25.1 Å². The SMILES string of the molecule is C=CCOc1ccc([C@H]2NC(=O)NC(C)=C2C(C)=O)cc1OCC. The lowest BCUT2D eigenvalue weighted by Gasteiger charge is -2.28. The molecule has 0 spiro atoms. The van der Waals surface area contributed by atoms with Gasteiger partial charge >= 0.3 is 6.03 Å². The molecule has 24 heavy (non-hydrogen) atoms. The highest BCUT2D eigenvalue weighted by Crippen LogP contribution is 2.34. The van der Waals surface area contributed by atoms with Gasteiger partial charge in [0, 0.05) is 11.3 Å². The van der Waals surface area contributed by atoms with E-state index in [0.29, 0.717) is 36.0 Å². The molecule has 0 fully saturated rings. The third kappa shape index (κ3) is 3.76. The Hall–Kier alpha value is -2.76. The average molecular weight is 330 g/mol. The van der Waals surface area contributed by atoms with Crippen molar-refractivity contribution in [1.29, 1.82) is 0 Å². The first-order valence-corrected chi connectivity index (χ1v) is 7.77. The van der Waals surface area contributed by atoms with Gasteiger partial charge < -0.3 is 20.1 Å². The number of amides is 2. The number of benzene rings is 1. The van der Waals surface area contributed by atoms with Gasteiger partial charge in [0.05, 0.1) is 12.6 Å². The second-order valence-corrected chi connectivity index (χ2v) is 5.37. The van der Waals surface area contributed by atoms with Crippen LogP contribution in [0.3, 0.4) is 0 Å². The maximum Gasteiger partial charge on any atom is 0.319 e. The van der Waals surface area contributed by atoms with Crippen LogP contribution in [0.5, 0.6) is 11.5 Å². The Morgan fingerprint density at radius 1 is 1.33 bits per heavy atom. The fourth-order valence-electron chi connectivity index (χ4n) is 2.65. The molecular formula is C18H22N2O4. The first-order valence-electron chi connectivity index (χ1n) is 7.77. The lowest BCUT2D eigenvalue weighted by molar-refractivity contribution is -0.114. The van der Waals surface area contributed by atoms with Crippen molar-refractivity contribution in [2.75, 3.05) is 13.2 Å². The van der Waals surface area contributed by atoms with E-state index in [2.05, 4.69) is 17.2 Å². The molecule has 0 saturated carbocycles. The van der Waals surface area contributed by atoms with E-state index in [0.717, 1.165) is 5.56 Å². The minimum absolute atomic E-state index is 0.102. The van der Waals surface area contributed by atoms with Gasteiger partial charge in [-0.1, -0.05) is 18.7 Å². The fraction of sp³-hybridized carbons (Fsp3) is 0.333. The van der Waals surface area contributed by atoms with Gasteiger partial charge in [-0.05, 0) is 38.5 Å². The molecule has 1 atom stereocenters. The van der Waals surface area contributed by atoms with Crippen molar-refractivity contribution in [2.45, 2.75) is 26.8 Å². The van der Waals surface area contributed by atoms with Crippen LogP contribution < -0.4 is 20.1 Å². The predicted molar refractivity (Wildman–Crippen MR) is 91.1 cm³/mol. The van der Waals surface area contributed by atoms with Crippen molar-refractivity contribution in [3.8, 4) is 11.5 Å². The summed E-state index contributed by atoms with van der Waals surface area (Å²) < 4.78 is 11.2. The van der Waals surface area contributed by atoms with Crippen LogP contribution in [0.25, 0.3) is 0 Å². The number of Topliss-reactive ketones (excluding diaryl/α,β-unsaturated/α-hetero) is 1. The minimum atomic E-state index is -0.524. The zero-order valence-corrected chi connectivity index (χ0v) is 14.1. The van der Waals surface area contributed by atoms with E-state index in [9.17, 15) is 9.59 Å². The first kappa shape index (κ1) is 17.6. The van der Waals surface area contributed by atoms with Gasteiger partial charge in [-0.15, -0.1) is 0 Å². The largest absolute Gasteiger partial charge is 0.490 e. The predicted octanol–water partition coefficient (Wildman–Crippen LogP) is 2.87. The third-order valence-corrected chi connectivity index (χ3v) is 3.61. The summed E-state index contributed by atoms with van der Waals surface area (Å²) in [6.07, 6.45) is 1.65. The van der Waals surface area contributed by atoms with Gasteiger partial charge in [-0.2, -0.15) is 0 Å². The van der Waals surface area contributed by atoms with E-state index in [-0.39, 0.29) is 11.8 Å². The molecule has 0 bridgehead atoms. The summed E-state index contributed by atoms with van der Waals surface area (Å²) in [6.45, 7) is 9.53. The van der Waals surface area contributed by atoms with Crippen molar-refractivity contribution in [3.63, 3.8) is 0 Å². The smallest absolute Gasteiger partial charge is 0.319 e. The van der Waals surface area contributed by atoms with Crippen LogP contribution in [-0.2, 0) is 4.79 Å². The molecule has 6 nitrogen and oxygen atoms in total. The number of ketones is 1. The summed E-state index contributed by atoms with van der Waals surface area (Å²) >= 11 is 0. The van der Waals surface area contributed by atoms with Crippen LogP contribution in [0.2, 0.25) is 0 Å². The van der Waals surface area contributed by atoms with Crippen LogP contribution >= 0.6 is 0 Å². The number of hydrogen-bond acceptors (Lipinski definition) is 4. The number of carbonyl (C=O) groups is 2. The molecule has 2 rings (SSSR count). The molecule has 1 aliphatic rings. The number of rotatable bonds is 7. The highest BCUT2D eigenvalue weighted by molar-refractivity contribution is 5.98. The van der Waals surface area contributed by atoms with Crippen LogP contribution in [0, 0.1) is 0 Å². The van der Waals surface area contributed by atoms with E-state index >= 15 is 0 Å². The van der Waals surface area contributed by atoms with E-state index in [1.807, 2.05) is 13.0 Å². The van der Waals surface area contributed by atoms with Gasteiger partial charge in [-0.25, -0.2) is 4.79 Å². The Bertz CT molecular complexity index is 694. The number of allylic oxidation sites excluding steroid dienone is 1. The van der Waals surface area contributed by atoms with Crippen molar-refractivity contribution < 1.29 is 19.1 Å². The zero-order chi connectivity index (χ0) is 17.7. The molecule has 1 aromatic rings. The average Bonchev–Trinajstić information content (AvgIpc) is 2.52. The van der Waals surface area contributed by atoms with Gasteiger partial charge in [0.2, 0.25) is 0 Å². The van der Waals surface area contributed by atoms with Crippen LogP contribution in [0.1, 0.15) is 32.4 Å². The number of urea groups is 1. The molecule has 0 aromatic heterocycles. The van der Waals surface area contributed by atoms with Crippen molar-refractivity contribution >= 4 is 11.8 Å². The van der Waals surface area contributed by atoms with Crippen LogP contribution in [0.15, 0.2) is 42.1 Å². The summed E-state index contributed by atoms with van der Waals surface area (Å²) in [5, 5.41) is 5.42. The van der Waals surface area contributed by atoms with Crippen LogP contribution in [0.4, 0.5) is 4.79 Å². The van der Waals surface area contributed by atoms with E-state index in [4.69, 9.17) is 9.47 Å². The highest BCUT2D eigenvalue weighted by atomic mass is 16.5. The lowest BCUT2D eigenvalue weighted by atomic mass is 9.93. The first-order chi connectivity index (χ1) is 11.5. The highest BCUT2D eigenvalue weighted by Gasteiger charge is 2.29. The topological polar surface area (TPSA) is 76.7 Å². The monoisotopic (exact) mass is 330 g/mol. The lowest BCUT2D eigenvalue weighted by Crippen LogP contribution is -2.44. The Labute approximate surface area is 141 Å². The summed E-state index contributed by atoms with van der Waals surface area (Å²) in [5.41, 5.74) is 1.84. The molecule has 1 heterocycles. The Kier molecular flexibility index (Phi) is 5.63. The summed E-state index contributed by atoms with van der Waals surface area (Å²) in [5.74, 6) is 1.05. The molecule has 128 valence electrons. The number of carbonyl (C=O) groups excluding carboxylic acids is 2. The summed E-state index contributed by atoms with van der Waals surface area (Å²) in [4.78, 5) is 23.8. The second-order valence-electron chi connectivity index (χ2n) is 5.37. The fourth-order valence-corrected chi connectivity index (χ4v) is 2.65. The maximum absolute atomic E-state index is 12.0. The Morgan fingerprint density at radius 2 is 2.08 bits per heavy atom. The second kappa shape index (κ2) is 7.68. The standard InChI is InChI=1S/C18H22N2O4/c1-5-9-24-14-8-7-13(10-15(14)23-6-2)17-16(12(4)21)11(3)19-18(22)20-17/h5,7-8,10,17H,1,6,9H2,2-4H3,(H2,19,20,22)/t17-/m1/s1. The molecule has 0 unspecified atom stereocenters. The van der Waals surface area contributed by atoms with Gasteiger partial charge in [0.1, 0.15) is 6.61 Å². The van der Waals surface area contributed by atoms with Crippen molar-refractivity contribution in [2.24, 2.45) is 0 Å². The Morgan fingerprint density at radius 3 is 2.71 bits per heavy atom. The number of hydrogen-bond donors (Lipinski definition) is 2. The molecular weight excluding hydrogens is 308 g/mol. The molecule has 0 saturated heterocycles. The summed E-state index contributed by atoms with van der Waals surface area (Å²) in [6, 6.07) is 4.50.